The minimum atomic E-state index is 0.587. The van der Waals surface area contributed by atoms with Crippen molar-refractivity contribution in [2.24, 2.45) is 0 Å². The van der Waals surface area contributed by atoms with Crippen LogP contribution in [0.15, 0.2) is 48.7 Å². The van der Waals surface area contributed by atoms with Crippen molar-refractivity contribution in [2.75, 3.05) is 0 Å². The molecule has 0 radical (unpaired) electrons. The quantitative estimate of drug-likeness (QED) is 0.759. The van der Waals surface area contributed by atoms with Crippen LogP contribution in [0.1, 0.15) is 23.7 Å². The van der Waals surface area contributed by atoms with E-state index in [1.807, 2.05) is 36.4 Å². The minimum Gasteiger partial charge on any atom is -0.256 e. The fourth-order valence-corrected chi connectivity index (χ4v) is 1.76. The van der Waals surface area contributed by atoms with E-state index in [1.54, 1.807) is 6.20 Å². The molecule has 0 saturated heterocycles. The maximum Gasteiger partial charge on any atom is 0.101 e. The van der Waals surface area contributed by atoms with Gasteiger partial charge in [0.05, 0.1) is 11.3 Å². The molecule has 0 aliphatic carbocycles. The minimum absolute atomic E-state index is 0.587. The van der Waals surface area contributed by atoms with Crippen LogP contribution in [-0.4, -0.2) is 4.98 Å². The van der Waals surface area contributed by atoms with Gasteiger partial charge in [0.1, 0.15) is 6.07 Å². The van der Waals surface area contributed by atoms with Crippen molar-refractivity contribution in [3.8, 4) is 6.07 Å². The van der Waals surface area contributed by atoms with E-state index in [4.69, 9.17) is 0 Å². The Kier molecular flexibility index (Phi) is 3.88. The molecule has 2 nitrogen and oxygen atoms in total. The van der Waals surface area contributed by atoms with Gasteiger partial charge in [0.25, 0.3) is 0 Å². The zero-order valence-corrected chi connectivity index (χ0v) is 10.3. The second-order valence-corrected chi connectivity index (χ2v) is 3.98. The highest BCUT2D eigenvalue weighted by atomic mass is 14.7. The van der Waals surface area contributed by atoms with E-state index in [-0.39, 0.29) is 0 Å². The summed E-state index contributed by atoms with van der Waals surface area (Å²) in [5.41, 5.74) is 3.60. The van der Waals surface area contributed by atoms with Crippen molar-refractivity contribution < 1.29 is 0 Å². The summed E-state index contributed by atoms with van der Waals surface area (Å²) in [6.45, 7) is 2.12. The topological polar surface area (TPSA) is 36.7 Å². The standard InChI is InChI=1S/C16H14N2/c1-2-13-6-5-7-14(10-13)11-15(12-17)16-8-3-4-9-18-16/h3-11H,2H2,1H3. The van der Waals surface area contributed by atoms with Gasteiger partial charge in [0.2, 0.25) is 0 Å². The summed E-state index contributed by atoms with van der Waals surface area (Å²) >= 11 is 0. The van der Waals surface area contributed by atoms with Gasteiger partial charge >= 0.3 is 0 Å². The third-order valence-electron chi connectivity index (χ3n) is 2.73. The van der Waals surface area contributed by atoms with Gasteiger partial charge in [-0.3, -0.25) is 4.98 Å². The molecule has 2 rings (SSSR count). The molecule has 0 aliphatic rings. The third kappa shape index (κ3) is 2.83. The van der Waals surface area contributed by atoms with Crippen LogP contribution in [0.25, 0.3) is 11.6 Å². The number of hydrogen-bond acceptors (Lipinski definition) is 2. The number of allylic oxidation sites excluding steroid dienone is 1. The van der Waals surface area contributed by atoms with Gasteiger partial charge < -0.3 is 0 Å². The van der Waals surface area contributed by atoms with Crippen LogP contribution in [-0.2, 0) is 6.42 Å². The van der Waals surface area contributed by atoms with E-state index in [0.717, 1.165) is 12.0 Å². The zero-order chi connectivity index (χ0) is 12.8. The number of pyridine rings is 1. The average Bonchev–Trinajstić information content (AvgIpc) is 2.46. The largest absolute Gasteiger partial charge is 0.256 e. The summed E-state index contributed by atoms with van der Waals surface area (Å²) in [5, 5.41) is 9.21. The van der Waals surface area contributed by atoms with Crippen molar-refractivity contribution in [1.82, 2.24) is 4.98 Å². The molecule has 0 saturated carbocycles. The number of hydrogen-bond donors (Lipinski definition) is 0. The van der Waals surface area contributed by atoms with E-state index in [0.29, 0.717) is 11.3 Å². The van der Waals surface area contributed by atoms with Crippen LogP contribution >= 0.6 is 0 Å². The van der Waals surface area contributed by atoms with Crippen molar-refractivity contribution in [1.29, 1.82) is 5.26 Å². The molecule has 1 aromatic carbocycles. The summed E-state index contributed by atoms with van der Waals surface area (Å²) in [5.74, 6) is 0. The molecule has 0 spiro atoms. The number of benzene rings is 1. The predicted molar refractivity (Wildman–Crippen MR) is 73.5 cm³/mol. The lowest BCUT2D eigenvalue weighted by Gasteiger charge is -2.01. The number of nitrogens with zero attached hydrogens (tertiary/aromatic N) is 2. The highest BCUT2D eigenvalue weighted by Gasteiger charge is 2.01. The lowest BCUT2D eigenvalue weighted by Crippen LogP contribution is -1.86. The Morgan fingerprint density at radius 2 is 2.17 bits per heavy atom. The summed E-state index contributed by atoms with van der Waals surface area (Å²) in [6.07, 6.45) is 4.57. The van der Waals surface area contributed by atoms with Crippen molar-refractivity contribution in [3.05, 3.63) is 65.5 Å². The van der Waals surface area contributed by atoms with Crippen molar-refractivity contribution in [2.45, 2.75) is 13.3 Å². The lowest BCUT2D eigenvalue weighted by molar-refractivity contribution is 1.14. The first-order chi connectivity index (χ1) is 8.83. The second-order valence-electron chi connectivity index (χ2n) is 3.98. The molecular formula is C16H14N2. The molecule has 18 heavy (non-hydrogen) atoms. The molecule has 0 N–H and O–H groups in total. The normalized spacial score (nSPS) is 11.0. The molecule has 88 valence electrons. The fourth-order valence-electron chi connectivity index (χ4n) is 1.76. The van der Waals surface area contributed by atoms with E-state index in [1.165, 1.54) is 5.56 Å². The van der Waals surface area contributed by atoms with Gasteiger partial charge in [0, 0.05) is 6.20 Å². The molecule has 2 aromatic rings. The van der Waals surface area contributed by atoms with Crippen LogP contribution in [0.5, 0.6) is 0 Å². The summed E-state index contributed by atoms with van der Waals surface area (Å²) < 4.78 is 0. The summed E-state index contributed by atoms with van der Waals surface area (Å²) in [7, 11) is 0. The lowest BCUT2D eigenvalue weighted by atomic mass is 10.1. The van der Waals surface area contributed by atoms with Crippen LogP contribution in [0.4, 0.5) is 0 Å². The van der Waals surface area contributed by atoms with E-state index < -0.39 is 0 Å². The smallest absolute Gasteiger partial charge is 0.101 e. The Morgan fingerprint density at radius 3 is 2.83 bits per heavy atom. The molecule has 0 fully saturated rings. The predicted octanol–water partition coefficient (Wildman–Crippen LogP) is 3.71. The van der Waals surface area contributed by atoms with Gasteiger partial charge in [-0.1, -0.05) is 37.3 Å². The second kappa shape index (κ2) is 5.79. The Bertz CT molecular complexity index is 592. The van der Waals surface area contributed by atoms with Crippen LogP contribution in [0.3, 0.4) is 0 Å². The van der Waals surface area contributed by atoms with E-state index in [2.05, 4.69) is 30.1 Å². The molecule has 0 aliphatic heterocycles. The molecule has 1 aromatic heterocycles. The molecule has 1 heterocycles. The molecular weight excluding hydrogens is 220 g/mol. The number of aromatic nitrogens is 1. The Hall–Kier alpha value is -2.40. The average molecular weight is 234 g/mol. The molecule has 0 unspecified atom stereocenters. The highest BCUT2D eigenvalue weighted by molar-refractivity contribution is 5.88. The van der Waals surface area contributed by atoms with Crippen molar-refractivity contribution >= 4 is 11.6 Å². The Morgan fingerprint density at radius 1 is 1.28 bits per heavy atom. The monoisotopic (exact) mass is 234 g/mol. The molecule has 2 heteroatoms. The SMILES string of the molecule is CCc1cccc(C=C(C#N)c2ccccn2)c1. The molecule has 0 atom stereocenters. The Labute approximate surface area is 107 Å². The fraction of sp³-hybridized carbons (Fsp3) is 0.125. The van der Waals surface area contributed by atoms with E-state index >= 15 is 0 Å². The van der Waals surface area contributed by atoms with Gasteiger partial charge in [-0.05, 0) is 35.8 Å². The van der Waals surface area contributed by atoms with Gasteiger partial charge in [-0.2, -0.15) is 5.26 Å². The van der Waals surface area contributed by atoms with Gasteiger partial charge in [-0.25, -0.2) is 0 Å². The Balaban J connectivity index is 2.39. The maximum absolute atomic E-state index is 9.21. The number of aryl methyl sites for hydroxylation is 1. The number of nitriles is 1. The van der Waals surface area contributed by atoms with Crippen molar-refractivity contribution in [3.63, 3.8) is 0 Å². The summed E-state index contributed by atoms with van der Waals surface area (Å²) in [4.78, 5) is 4.20. The number of rotatable bonds is 3. The van der Waals surface area contributed by atoms with Crippen LogP contribution < -0.4 is 0 Å². The maximum atomic E-state index is 9.21. The van der Waals surface area contributed by atoms with Crippen LogP contribution in [0, 0.1) is 11.3 Å². The molecule has 0 amide bonds. The zero-order valence-electron chi connectivity index (χ0n) is 10.3. The van der Waals surface area contributed by atoms with Crippen LogP contribution in [0.2, 0.25) is 0 Å². The summed E-state index contributed by atoms with van der Waals surface area (Å²) in [6, 6.07) is 16.0. The highest BCUT2D eigenvalue weighted by Crippen LogP contribution is 2.16. The first kappa shape index (κ1) is 12.1. The van der Waals surface area contributed by atoms with E-state index in [9.17, 15) is 5.26 Å². The molecule has 0 bridgehead atoms. The van der Waals surface area contributed by atoms with Gasteiger partial charge in [-0.15, -0.1) is 0 Å². The third-order valence-corrected chi connectivity index (χ3v) is 2.73. The first-order valence-corrected chi connectivity index (χ1v) is 5.95. The van der Waals surface area contributed by atoms with Gasteiger partial charge in [0.15, 0.2) is 0 Å². The first-order valence-electron chi connectivity index (χ1n) is 5.95.